The van der Waals surface area contributed by atoms with Crippen molar-refractivity contribution in [3.8, 4) is 0 Å². The molecule has 0 aromatic rings. The molecule has 2 amide bonds. The van der Waals surface area contributed by atoms with Gasteiger partial charge in [-0.05, 0) is 20.3 Å². The van der Waals surface area contributed by atoms with Gasteiger partial charge in [-0.2, -0.15) is 0 Å². The second-order valence-corrected chi connectivity index (χ2v) is 4.49. The van der Waals surface area contributed by atoms with E-state index in [-0.39, 0.29) is 18.2 Å². The molecule has 0 spiro atoms. The van der Waals surface area contributed by atoms with Gasteiger partial charge in [0.1, 0.15) is 0 Å². The highest BCUT2D eigenvalue weighted by Gasteiger charge is 2.25. The van der Waals surface area contributed by atoms with E-state index >= 15 is 0 Å². The number of carboxylic acids is 1. The monoisotopic (exact) mass is 256 g/mol. The molecule has 0 heterocycles. The summed E-state index contributed by atoms with van der Waals surface area (Å²) >= 11 is 0. The van der Waals surface area contributed by atoms with Crippen LogP contribution in [0.3, 0.4) is 0 Å². The van der Waals surface area contributed by atoms with Crippen molar-refractivity contribution >= 4 is 12.0 Å². The number of carbonyl (C=O) groups is 2. The minimum Gasteiger partial charge on any atom is -0.481 e. The summed E-state index contributed by atoms with van der Waals surface area (Å²) in [6.45, 7) is 4.75. The first-order valence-corrected chi connectivity index (χ1v) is 6.06. The Morgan fingerprint density at radius 2 is 2.17 bits per heavy atom. The van der Waals surface area contributed by atoms with Crippen LogP contribution in [0.2, 0.25) is 0 Å². The van der Waals surface area contributed by atoms with Crippen molar-refractivity contribution in [3.05, 3.63) is 12.2 Å². The molecule has 6 nitrogen and oxygen atoms in total. The van der Waals surface area contributed by atoms with Crippen LogP contribution in [-0.2, 0) is 9.53 Å². The summed E-state index contributed by atoms with van der Waals surface area (Å²) in [4.78, 5) is 22.2. The lowest BCUT2D eigenvalue weighted by molar-refractivity contribution is -0.140. The number of nitrogens with one attached hydrogen (secondary N) is 2. The third kappa shape index (κ3) is 5.18. The zero-order valence-corrected chi connectivity index (χ0v) is 10.7. The maximum absolute atomic E-state index is 11.5. The van der Waals surface area contributed by atoms with E-state index in [0.717, 1.165) is 0 Å². The predicted octanol–water partition coefficient (Wildman–Crippen LogP) is 0.740. The summed E-state index contributed by atoms with van der Waals surface area (Å²) in [6.07, 6.45) is 3.87. The van der Waals surface area contributed by atoms with Crippen molar-refractivity contribution < 1.29 is 19.4 Å². The number of urea groups is 1. The maximum Gasteiger partial charge on any atom is 0.315 e. The average molecular weight is 256 g/mol. The number of carbonyl (C=O) groups excluding carboxylic acids is 1. The molecule has 18 heavy (non-hydrogen) atoms. The van der Waals surface area contributed by atoms with Gasteiger partial charge in [-0.1, -0.05) is 12.2 Å². The van der Waals surface area contributed by atoms with Crippen molar-refractivity contribution in [3.63, 3.8) is 0 Å². The molecule has 0 bridgehead atoms. The van der Waals surface area contributed by atoms with E-state index in [9.17, 15) is 9.59 Å². The Morgan fingerprint density at radius 1 is 1.44 bits per heavy atom. The third-order valence-corrected chi connectivity index (χ3v) is 2.56. The second kappa shape index (κ2) is 7.00. The summed E-state index contributed by atoms with van der Waals surface area (Å²) < 4.78 is 5.28. The van der Waals surface area contributed by atoms with Gasteiger partial charge in [0.15, 0.2) is 0 Å². The molecule has 0 aromatic carbocycles. The van der Waals surface area contributed by atoms with Gasteiger partial charge in [0.2, 0.25) is 0 Å². The van der Waals surface area contributed by atoms with E-state index in [0.29, 0.717) is 19.6 Å². The Bertz CT molecular complexity index is 328. The van der Waals surface area contributed by atoms with Gasteiger partial charge in [-0.15, -0.1) is 0 Å². The Kier molecular flexibility index (Phi) is 5.64. The number of hydrogen-bond donors (Lipinski definition) is 3. The summed E-state index contributed by atoms with van der Waals surface area (Å²) in [5, 5.41) is 14.1. The zero-order chi connectivity index (χ0) is 13.5. The first-order chi connectivity index (χ1) is 8.49. The molecule has 2 atom stereocenters. The molecule has 0 saturated heterocycles. The van der Waals surface area contributed by atoms with Crippen molar-refractivity contribution in [2.45, 2.75) is 32.4 Å². The topological polar surface area (TPSA) is 87.7 Å². The number of hydrogen-bond acceptors (Lipinski definition) is 3. The van der Waals surface area contributed by atoms with Crippen molar-refractivity contribution in [2.75, 3.05) is 13.2 Å². The van der Waals surface area contributed by atoms with E-state index in [1.54, 1.807) is 12.2 Å². The van der Waals surface area contributed by atoms with Crippen LogP contribution in [0.25, 0.3) is 0 Å². The van der Waals surface area contributed by atoms with E-state index in [1.165, 1.54) is 0 Å². The summed E-state index contributed by atoms with van der Waals surface area (Å²) in [5.41, 5.74) is 0. The van der Waals surface area contributed by atoms with E-state index < -0.39 is 11.9 Å². The van der Waals surface area contributed by atoms with Gasteiger partial charge in [0.25, 0.3) is 0 Å². The van der Waals surface area contributed by atoms with E-state index in [4.69, 9.17) is 9.84 Å². The number of aliphatic carboxylic acids is 1. The number of carboxylic acid groups (broad SMARTS) is 1. The number of rotatable bonds is 6. The van der Waals surface area contributed by atoms with Gasteiger partial charge < -0.3 is 20.5 Å². The Labute approximate surface area is 106 Å². The summed E-state index contributed by atoms with van der Waals surface area (Å²) in [5.74, 6) is -1.36. The Morgan fingerprint density at radius 3 is 2.72 bits per heavy atom. The molecule has 0 fully saturated rings. The largest absolute Gasteiger partial charge is 0.481 e. The lowest BCUT2D eigenvalue weighted by Gasteiger charge is -2.13. The van der Waals surface area contributed by atoms with Gasteiger partial charge in [-0.3, -0.25) is 4.79 Å². The molecular weight excluding hydrogens is 236 g/mol. The molecule has 6 heteroatoms. The van der Waals surface area contributed by atoms with Gasteiger partial charge in [0, 0.05) is 6.54 Å². The fourth-order valence-electron chi connectivity index (χ4n) is 1.67. The number of ether oxygens (including phenoxy) is 1. The second-order valence-electron chi connectivity index (χ2n) is 4.49. The highest BCUT2D eigenvalue weighted by molar-refractivity contribution is 5.76. The first kappa shape index (κ1) is 14.5. The van der Waals surface area contributed by atoms with Gasteiger partial charge >= 0.3 is 12.0 Å². The van der Waals surface area contributed by atoms with Gasteiger partial charge in [0.05, 0.1) is 24.7 Å². The molecular formula is C12H20N2O4. The standard InChI is InChI=1S/C12H20N2O4/c1-8(2)18-6-5-13-12(17)14-10-4-3-9(7-10)11(15)16/h3-4,8-10H,5-7H2,1-2H3,(H,15,16)(H2,13,14,17). The zero-order valence-electron chi connectivity index (χ0n) is 10.7. The molecule has 2 unspecified atom stereocenters. The van der Waals surface area contributed by atoms with Crippen LogP contribution < -0.4 is 10.6 Å². The lowest BCUT2D eigenvalue weighted by atomic mass is 10.1. The quantitative estimate of drug-likeness (QED) is 0.483. The van der Waals surface area contributed by atoms with Crippen LogP contribution in [-0.4, -0.2) is 42.4 Å². The molecule has 0 radical (unpaired) electrons. The fourth-order valence-corrected chi connectivity index (χ4v) is 1.67. The molecule has 1 rings (SSSR count). The Balaban J connectivity index is 2.14. The maximum atomic E-state index is 11.5. The smallest absolute Gasteiger partial charge is 0.315 e. The van der Waals surface area contributed by atoms with Crippen LogP contribution in [0, 0.1) is 5.92 Å². The van der Waals surface area contributed by atoms with Gasteiger partial charge in [-0.25, -0.2) is 4.79 Å². The predicted molar refractivity (Wildman–Crippen MR) is 66.3 cm³/mol. The average Bonchev–Trinajstić information content (AvgIpc) is 2.72. The molecule has 1 aliphatic rings. The van der Waals surface area contributed by atoms with E-state index in [2.05, 4.69) is 10.6 Å². The van der Waals surface area contributed by atoms with Crippen LogP contribution >= 0.6 is 0 Å². The van der Waals surface area contributed by atoms with Crippen LogP contribution in [0.15, 0.2) is 12.2 Å². The molecule has 1 aliphatic carbocycles. The summed E-state index contributed by atoms with van der Waals surface area (Å²) in [7, 11) is 0. The van der Waals surface area contributed by atoms with Crippen molar-refractivity contribution in [1.29, 1.82) is 0 Å². The minimum atomic E-state index is -0.860. The van der Waals surface area contributed by atoms with E-state index in [1.807, 2.05) is 13.8 Å². The molecule has 102 valence electrons. The molecule has 0 saturated carbocycles. The lowest BCUT2D eigenvalue weighted by Crippen LogP contribution is -2.42. The fraction of sp³-hybridized carbons (Fsp3) is 0.667. The normalized spacial score (nSPS) is 22.2. The highest BCUT2D eigenvalue weighted by atomic mass is 16.5. The van der Waals surface area contributed by atoms with Crippen molar-refractivity contribution in [1.82, 2.24) is 10.6 Å². The van der Waals surface area contributed by atoms with Crippen molar-refractivity contribution in [2.24, 2.45) is 5.92 Å². The van der Waals surface area contributed by atoms with Crippen LogP contribution in [0.5, 0.6) is 0 Å². The number of amides is 2. The van der Waals surface area contributed by atoms with Crippen LogP contribution in [0.4, 0.5) is 4.79 Å². The highest BCUT2D eigenvalue weighted by Crippen LogP contribution is 2.17. The SMILES string of the molecule is CC(C)OCCNC(=O)NC1C=CC(C(=O)O)C1. The third-order valence-electron chi connectivity index (χ3n) is 2.56. The minimum absolute atomic E-state index is 0.143. The Hall–Kier alpha value is -1.56. The first-order valence-electron chi connectivity index (χ1n) is 6.06. The summed E-state index contributed by atoms with van der Waals surface area (Å²) in [6, 6.07) is -0.514. The molecule has 0 aliphatic heterocycles. The molecule has 0 aromatic heterocycles. The van der Waals surface area contributed by atoms with Crippen LogP contribution in [0.1, 0.15) is 20.3 Å². The molecule has 3 N–H and O–H groups in total.